The van der Waals surface area contributed by atoms with Crippen LogP contribution in [-0.2, 0) is 9.59 Å². The van der Waals surface area contributed by atoms with Crippen molar-refractivity contribution in [3.63, 3.8) is 0 Å². The van der Waals surface area contributed by atoms with Gasteiger partial charge in [-0.1, -0.05) is 103 Å². The largest absolute Gasteiger partial charge is 0.507 e. The van der Waals surface area contributed by atoms with Gasteiger partial charge in [0.25, 0.3) is 17.4 Å². The lowest BCUT2D eigenvalue weighted by Crippen LogP contribution is -2.30. The highest BCUT2D eigenvalue weighted by molar-refractivity contribution is 6.46. The van der Waals surface area contributed by atoms with Crippen molar-refractivity contribution in [2.24, 2.45) is 0 Å². The van der Waals surface area contributed by atoms with Crippen molar-refractivity contribution in [3.8, 4) is 0 Å². The average molecular weight is 567 g/mol. The molecule has 3 rings (SSSR count). The molecule has 0 aromatic heterocycles. The molecule has 1 saturated heterocycles. The second-order valence-corrected chi connectivity index (χ2v) is 10.9. The van der Waals surface area contributed by atoms with Gasteiger partial charge < -0.3 is 10.0 Å². The molecule has 0 saturated carbocycles. The standard InChI is InChI=1S/C33H43FN2O5/c1-2-3-4-5-6-7-8-9-10-11-12-13-14-15-24-35-30(25-16-20-27(34)21-17-25)29(32(38)33(35)39)31(37)26-18-22-28(23-19-26)36(40)41/h16-23,30,37H,2-15,24H2,1H3/b31-29+/t30-/m0/s1. The zero-order valence-electron chi connectivity index (χ0n) is 24.2. The number of halogens is 1. The minimum absolute atomic E-state index is 0.0965. The van der Waals surface area contributed by atoms with Crippen LogP contribution in [0.3, 0.4) is 0 Å². The van der Waals surface area contributed by atoms with Crippen LogP contribution in [0, 0.1) is 15.9 Å². The summed E-state index contributed by atoms with van der Waals surface area (Å²) in [5.41, 5.74) is 0.451. The fourth-order valence-corrected chi connectivity index (χ4v) is 5.48. The Kier molecular flexibility index (Phi) is 13.0. The Morgan fingerprint density at radius 1 is 0.805 bits per heavy atom. The number of nitrogens with zero attached hydrogens (tertiary/aromatic N) is 2. The van der Waals surface area contributed by atoms with Gasteiger partial charge in [-0.2, -0.15) is 0 Å². The van der Waals surface area contributed by atoms with Crippen molar-refractivity contribution >= 4 is 23.1 Å². The summed E-state index contributed by atoms with van der Waals surface area (Å²) >= 11 is 0. The fraction of sp³-hybridized carbons (Fsp3) is 0.515. The number of carbonyl (C=O) groups excluding carboxylic acids is 2. The molecule has 7 nitrogen and oxygen atoms in total. The molecular formula is C33H43FN2O5. The number of ketones is 1. The summed E-state index contributed by atoms with van der Waals surface area (Å²) in [6, 6.07) is 9.81. The molecular weight excluding hydrogens is 523 g/mol. The van der Waals surface area contributed by atoms with E-state index in [-0.39, 0.29) is 16.8 Å². The van der Waals surface area contributed by atoms with E-state index in [0.717, 1.165) is 19.3 Å². The first-order valence-electron chi connectivity index (χ1n) is 15.1. The van der Waals surface area contributed by atoms with Crippen LogP contribution in [0.2, 0.25) is 0 Å². The van der Waals surface area contributed by atoms with Crippen molar-refractivity contribution < 1.29 is 24.0 Å². The summed E-state index contributed by atoms with van der Waals surface area (Å²) in [7, 11) is 0. The molecule has 1 fully saturated rings. The number of non-ortho nitro benzene ring substituents is 1. The number of aliphatic hydroxyl groups excluding tert-OH is 1. The number of benzene rings is 2. The van der Waals surface area contributed by atoms with Crippen molar-refractivity contribution in [3.05, 3.63) is 81.2 Å². The third-order valence-electron chi connectivity index (χ3n) is 7.83. The average Bonchev–Trinajstić information content (AvgIpc) is 3.22. The van der Waals surface area contributed by atoms with Gasteiger partial charge in [0.05, 0.1) is 16.5 Å². The Balaban J connectivity index is 1.56. The van der Waals surface area contributed by atoms with Gasteiger partial charge in [0, 0.05) is 24.2 Å². The molecule has 0 unspecified atom stereocenters. The van der Waals surface area contributed by atoms with Gasteiger partial charge in [0.2, 0.25) is 0 Å². The van der Waals surface area contributed by atoms with E-state index < -0.39 is 34.2 Å². The van der Waals surface area contributed by atoms with Gasteiger partial charge in [-0.15, -0.1) is 0 Å². The second kappa shape index (κ2) is 16.7. The second-order valence-electron chi connectivity index (χ2n) is 10.9. The van der Waals surface area contributed by atoms with E-state index in [2.05, 4.69) is 6.92 Å². The first-order valence-corrected chi connectivity index (χ1v) is 15.1. The van der Waals surface area contributed by atoms with Gasteiger partial charge in [-0.3, -0.25) is 19.7 Å². The molecule has 1 N–H and O–H groups in total. The number of rotatable bonds is 18. The molecule has 41 heavy (non-hydrogen) atoms. The summed E-state index contributed by atoms with van der Waals surface area (Å²) in [5, 5.41) is 22.1. The van der Waals surface area contributed by atoms with E-state index in [9.17, 15) is 29.2 Å². The molecule has 1 atom stereocenters. The van der Waals surface area contributed by atoms with Crippen LogP contribution in [0.25, 0.3) is 5.76 Å². The molecule has 1 aliphatic rings. The number of nitro benzene ring substituents is 1. The molecule has 1 heterocycles. The Morgan fingerprint density at radius 2 is 1.29 bits per heavy atom. The topological polar surface area (TPSA) is 101 Å². The summed E-state index contributed by atoms with van der Waals surface area (Å²) < 4.78 is 13.7. The number of hydrogen-bond donors (Lipinski definition) is 1. The third kappa shape index (κ3) is 9.23. The maximum atomic E-state index is 13.7. The van der Waals surface area contributed by atoms with E-state index >= 15 is 0 Å². The molecule has 0 aliphatic carbocycles. The molecule has 222 valence electrons. The monoisotopic (exact) mass is 566 g/mol. The molecule has 1 amide bonds. The third-order valence-corrected chi connectivity index (χ3v) is 7.83. The van der Waals surface area contributed by atoms with E-state index in [1.54, 1.807) is 0 Å². The Hall–Kier alpha value is -3.55. The van der Waals surface area contributed by atoms with E-state index in [1.807, 2.05) is 0 Å². The number of nitro groups is 1. The van der Waals surface area contributed by atoms with Crippen LogP contribution < -0.4 is 0 Å². The predicted octanol–water partition coefficient (Wildman–Crippen LogP) is 8.64. The van der Waals surface area contributed by atoms with E-state index in [4.69, 9.17) is 0 Å². The summed E-state index contributed by atoms with van der Waals surface area (Å²) in [6.07, 6.45) is 16.9. The number of Topliss-reactive ketones (excluding diaryl/α,β-unsaturated/α-hetero) is 1. The first kappa shape index (κ1) is 32.0. The molecule has 2 aromatic carbocycles. The van der Waals surface area contributed by atoms with Crippen molar-refractivity contribution in [1.82, 2.24) is 4.90 Å². The highest BCUT2D eigenvalue weighted by atomic mass is 19.1. The minimum atomic E-state index is -0.868. The molecule has 0 spiro atoms. The smallest absolute Gasteiger partial charge is 0.295 e. The van der Waals surface area contributed by atoms with Crippen LogP contribution >= 0.6 is 0 Å². The van der Waals surface area contributed by atoms with Gasteiger partial charge in [0.15, 0.2) is 0 Å². The van der Waals surface area contributed by atoms with Crippen molar-refractivity contribution in [1.29, 1.82) is 0 Å². The van der Waals surface area contributed by atoms with Gasteiger partial charge in [-0.05, 0) is 36.2 Å². The fourth-order valence-electron chi connectivity index (χ4n) is 5.48. The number of carbonyl (C=O) groups is 2. The lowest BCUT2D eigenvalue weighted by molar-refractivity contribution is -0.384. The molecule has 0 radical (unpaired) electrons. The normalized spacial score (nSPS) is 16.4. The van der Waals surface area contributed by atoms with Crippen LogP contribution in [0.1, 0.15) is 114 Å². The van der Waals surface area contributed by atoms with Crippen LogP contribution in [-0.4, -0.2) is 33.2 Å². The molecule has 2 aromatic rings. The zero-order valence-corrected chi connectivity index (χ0v) is 24.2. The summed E-state index contributed by atoms with van der Waals surface area (Å²) in [6.45, 7) is 2.57. The number of aliphatic hydroxyl groups is 1. The zero-order chi connectivity index (χ0) is 29.6. The minimum Gasteiger partial charge on any atom is -0.507 e. The highest BCUT2D eigenvalue weighted by Gasteiger charge is 2.45. The lowest BCUT2D eigenvalue weighted by atomic mass is 9.95. The Morgan fingerprint density at radius 3 is 1.78 bits per heavy atom. The number of likely N-dealkylation sites (tertiary alicyclic amines) is 1. The molecule has 8 heteroatoms. The molecule has 1 aliphatic heterocycles. The highest BCUT2D eigenvalue weighted by Crippen LogP contribution is 2.39. The van der Waals surface area contributed by atoms with Crippen LogP contribution in [0.4, 0.5) is 10.1 Å². The maximum absolute atomic E-state index is 13.7. The predicted molar refractivity (Wildman–Crippen MR) is 159 cm³/mol. The summed E-state index contributed by atoms with van der Waals surface area (Å²) in [5.74, 6) is -2.39. The number of amides is 1. The van der Waals surface area contributed by atoms with Crippen LogP contribution in [0.15, 0.2) is 54.1 Å². The van der Waals surface area contributed by atoms with Gasteiger partial charge in [0.1, 0.15) is 11.6 Å². The lowest BCUT2D eigenvalue weighted by Gasteiger charge is -2.25. The van der Waals surface area contributed by atoms with Gasteiger partial charge in [-0.25, -0.2) is 4.39 Å². The maximum Gasteiger partial charge on any atom is 0.295 e. The quantitative estimate of drug-likeness (QED) is 0.0486. The summed E-state index contributed by atoms with van der Waals surface area (Å²) in [4.78, 5) is 38.1. The SMILES string of the molecule is CCCCCCCCCCCCCCCCN1C(=O)C(=O)/C(=C(/O)c2ccc([N+](=O)[O-])cc2)[C@@H]1c1ccc(F)cc1. The Bertz CT molecular complexity index is 1180. The Labute approximate surface area is 242 Å². The number of unbranched alkanes of at least 4 members (excludes halogenated alkanes) is 13. The number of hydrogen-bond acceptors (Lipinski definition) is 5. The van der Waals surface area contributed by atoms with Gasteiger partial charge >= 0.3 is 0 Å². The first-order chi connectivity index (χ1) is 19.8. The van der Waals surface area contributed by atoms with Crippen LogP contribution in [0.5, 0.6) is 0 Å². The van der Waals surface area contributed by atoms with E-state index in [1.165, 1.54) is 118 Å². The van der Waals surface area contributed by atoms with E-state index in [0.29, 0.717) is 18.5 Å². The van der Waals surface area contributed by atoms with Crippen molar-refractivity contribution in [2.45, 2.75) is 103 Å². The molecule has 0 bridgehead atoms. The van der Waals surface area contributed by atoms with Crippen molar-refractivity contribution in [2.75, 3.05) is 6.54 Å².